The third kappa shape index (κ3) is 4.18. The summed E-state index contributed by atoms with van der Waals surface area (Å²) in [6.07, 6.45) is 1.72. The van der Waals surface area contributed by atoms with Crippen molar-refractivity contribution in [1.29, 1.82) is 0 Å². The molecule has 0 fully saturated rings. The first-order chi connectivity index (χ1) is 9.54. The standard InChI is InChI=1S/C14H15BrN2O3/c1-17(7-6-13(18)19)8-12-9-20-14(16-12)10-2-4-11(15)5-3-10/h2-5,9H,6-8H2,1H3,(H,18,19). The molecule has 2 aromatic rings. The number of nitrogens with zero attached hydrogens (tertiary/aromatic N) is 2. The number of halogens is 1. The lowest BCUT2D eigenvalue weighted by Gasteiger charge is -2.12. The monoisotopic (exact) mass is 338 g/mol. The fourth-order valence-electron chi connectivity index (χ4n) is 1.75. The molecule has 0 bridgehead atoms. The summed E-state index contributed by atoms with van der Waals surface area (Å²) in [5.74, 6) is -0.230. The molecule has 1 N–H and O–H groups in total. The molecule has 0 unspecified atom stereocenters. The van der Waals surface area contributed by atoms with Crippen LogP contribution in [0.15, 0.2) is 39.4 Å². The van der Waals surface area contributed by atoms with Gasteiger partial charge in [0, 0.05) is 23.1 Å². The quantitative estimate of drug-likeness (QED) is 0.876. The number of aliphatic carboxylic acids is 1. The summed E-state index contributed by atoms with van der Waals surface area (Å²) in [7, 11) is 1.86. The van der Waals surface area contributed by atoms with E-state index in [1.54, 1.807) is 6.26 Å². The molecular weight excluding hydrogens is 324 g/mol. The lowest BCUT2D eigenvalue weighted by atomic mass is 10.2. The van der Waals surface area contributed by atoms with E-state index in [4.69, 9.17) is 9.52 Å². The van der Waals surface area contributed by atoms with Crippen LogP contribution in [0.4, 0.5) is 0 Å². The second kappa shape index (κ2) is 6.67. The molecule has 0 saturated heterocycles. The molecule has 1 aromatic carbocycles. The molecule has 0 amide bonds. The Kier molecular flexibility index (Phi) is 4.92. The molecule has 0 aliphatic carbocycles. The van der Waals surface area contributed by atoms with Gasteiger partial charge in [0.15, 0.2) is 0 Å². The SMILES string of the molecule is CN(CCC(=O)O)Cc1coc(-c2ccc(Br)cc2)n1. The van der Waals surface area contributed by atoms with Gasteiger partial charge in [-0.3, -0.25) is 9.69 Å². The van der Waals surface area contributed by atoms with Gasteiger partial charge in [-0.05, 0) is 31.3 Å². The summed E-state index contributed by atoms with van der Waals surface area (Å²) in [5.41, 5.74) is 1.70. The number of carbonyl (C=O) groups is 1. The van der Waals surface area contributed by atoms with E-state index in [-0.39, 0.29) is 6.42 Å². The third-order valence-corrected chi connectivity index (χ3v) is 3.31. The molecule has 0 radical (unpaired) electrons. The van der Waals surface area contributed by atoms with Crippen molar-refractivity contribution in [2.75, 3.05) is 13.6 Å². The summed E-state index contributed by atoms with van der Waals surface area (Å²) in [5, 5.41) is 8.64. The highest BCUT2D eigenvalue weighted by atomic mass is 79.9. The van der Waals surface area contributed by atoms with Crippen LogP contribution in [0, 0.1) is 0 Å². The third-order valence-electron chi connectivity index (χ3n) is 2.78. The molecule has 2 rings (SSSR count). The van der Waals surface area contributed by atoms with Gasteiger partial charge in [-0.1, -0.05) is 15.9 Å². The normalized spacial score (nSPS) is 10.9. The molecule has 0 aliphatic heterocycles. The number of rotatable bonds is 6. The summed E-state index contributed by atoms with van der Waals surface area (Å²) >= 11 is 3.38. The predicted molar refractivity (Wildman–Crippen MR) is 78.2 cm³/mol. The Morgan fingerprint density at radius 1 is 1.40 bits per heavy atom. The maximum Gasteiger partial charge on any atom is 0.304 e. The molecule has 20 heavy (non-hydrogen) atoms. The van der Waals surface area contributed by atoms with E-state index < -0.39 is 5.97 Å². The van der Waals surface area contributed by atoms with Crippen molar-refractivity contribution in [1.82, 2.24) is 9.88 Å². The molecule has 0 aliphatic rings. The number of hydrogen-bond donors (Lipinski definition) is 1. The van der Waals surface area contributed by atoms with Gasteiger partial charge in [-0.25, -0.2) is 4.98 Å². The van der Waals surface area contributed by atoms with E-state index in [2.05, 4.69) is 20.9 Å². The predicted octanol–water partition coefficient (Wildman–Crippen LogP) is 3.01. The average Bonchev–Trinajstić information content (AvgIpc) is 2.85. The highest BCUT2D eigenvalue weighted by molar-refractivity contribution is 9.10. The van der Waals surface area contributed by atoms with E-state index >= 15 is 0 Å². The molecule has 0 atom stereocenters. The zero-order valence-corrected chi connectivity index (χ0v) is 12.6. The van der Waals surface area contributed by atoms with E-state index in [1.807, 2.05) is 36.2 Å². The maximum absolute atomic E-state index is 10.5. The minimum Gasteiger partial charge on any atom is -0.481 e. The number of aromatic nitrogens is 1. The van der Waals surface area contributed by atoms with E-state index in [0.29, 0.717) is 19.0 Å². The van der Waals surface area contributed by atoms with Gasteiger partial charge in [0.05, 0.1) is 12.1 Å². The number of carboxylic acids is 1. The molecule has 0 spiro atoms. The van der Waals surface area contributed by atoms with Crippen molar-refractivity contribution >= 4 is 21.9 Å². The van der Waals surface area contributed by atoms with Gasteiger partial charge in [-0.2, -0.15) is 0 Å². The Morgan fingerprint density at radius 2 is 2.10 bits per heavy atom. The van der Waals surface area contributed by atoms with Gasteiger partial charge in [0.25, 0.3) is 0 Å². The largest absolute Gasteiger partial charge is 0.481 e. The molecule has 1 heterocycles. The molecule has 106 valence electrons. The topological polar surface area (TPSA) is 66.6 Å². The first kappa shape index (κ1) is 14.7. The van der Waals surface area contributed by atoms with Crippen LogP contribution in [0.25, 0.3) is 11.5 Å². The smallest absolute Gasteiger partial charge is 0.304 e. The van der Waals surface area contributed by atoms with E-state index in [9.17, 15) is 4.79 Å². The number of benzene rings is 1. The van der Waals surface area contributed by atoms with Crippen LogP contribution in [0.3, 0.4) is 0 Å². The van der Waals surface area contributed by atoms with Crippen molar-refractivity contribution in [3.05, 3.63) is 40.7 Å². The minimum atomic E-state index is -0.799. The molecular formula is C14H15BrN2O3. The van der Waals surface area contributed by atoms with Crippen LogP contribution >= 0.6 is 15.9 Å². The van der Waals surface area contributed by atoms with Crippen LogP contribution in [0.5, 0.6) is 0 Å². The highest BCUT2D eigenvalue weighted by Gasteiger charge is 2.09. The van der Waals surface area contributed by atoms with Crippen LogP contribution in [0.1, 0.15) is 12.1 Å². The van der Waals surface area contributed by atoms with Gasteiger partial charge in [0.1, 0.15) is 6.26 Å². The second-order valence-electron chi connectivity index (χ2n) is 4.53. The van der Waals surface area contributed by atoms with Crippen LogP contribution in [0.2, 0.25) is 0 Å². The van der Waals surface area contributed by atoms with Crippen LogP contribution < -0.4 is 0 Å². The van der Waals surface area contributed by atoms with Gasteiger partial charge in [0.2, 0.25) is 5.89 Å². The van der Waals surface area contributed by atoms with Crippen molar-refractivity contribution in [3.8, 4) is 11.5 Å². The molecule has 1 aromatic heterocycles. The molecule has 6 heteroatoms. The Hall–Kier alpha value is -1.66. The Labute approximate surface area is 125 Å². The van der Waals surface area contributed by atoms with Gasteiger partial charge < -0.3 is 9.52 Å². The van der Waals surface area contributed by atoms with Crippen molar-refractivity contribution in [2.24, 2.45) is 0 Å². The summed E-state index contributed by atoms with van der Waals surface area (Å²) in [6.45, 7) is 1.04. The summed E-state index contributed by atoms with van der Waals surface area (Å²) in [6, 6.07) is 7.71. The Balaban J connectivity index is 1.98. The molecule has 0 saturated carbocycles. The number of oxazole rings is 1. The Morgan fingerprint density at radius 3 is 2.75 bits per heavy atom. The van der Waals surface area contributed by atoms with Crippen LogP contribution in [-0.4, -0.2) is 34.6 Å². The molecule has 5 nitrogen and oxygen atoms in total. The minimum absolute atomic E-state index is 0.119. The summed E-state index contributed by atoms with van der Waals surface area (Å²) < 4.78 is 6.45. The summed E-state index contributed by atoms with van der Waals surface area (Å²) in [4.78, 5) is 16.8. The maximum atomic E-state index is 10.5. The lowest BCUT2D eigenvalue weighted by molar-refractivity contribution is -0.137. The van der Waals surface area contributed by atoms with Gasteiger partial charge >= 0.3 is 5.97 Å². The fourth-order valence-corrected chi connectivity index (χ4v) is 2.01. The zero-order valence-electron chi connectivity index (χ0n) is 11.0. The highest BCUT2D eigenvalue weighted by Crippen LogP contribution is 2.21. The first-order valence-corrected chi connectivity index (χ1v) is 6.94. The van der Waals surface area contributed by atoms with Gasteiger partial charge in [-0.15, -0.1) is 0 Å². The average molecular weight is 339 g/mol. The van der Waals surface area contributed by atoms with Crippen LogP contribution in [-0.2, 0) is 11.3 Å². The van der Waals surface area contributed by atoms with Crippen molar-refractivity contribution in [3.63, 3.8) is 0 Å². The Bertz CT molecular complexity index is 580. The first-order valence-electron chi connectivity index (χ1n) is 6.15. The number of carboxylic acid groups (broad SMARTS) is 1. The second-order valence-corrected chi connectivity index (χ2v) is 5.45. The van der Waals surface area contributed by atoms with Crippen molar-refractivity contribution < 1.29 is 14.3 Å². The lowest BCUT2D eigenvalue weighted by Crippen LogP contribution is -2.21. The van der Waals surface area contributed by atoms with Crippen molar-refractivity contribution in [2.45, 2.75) is 13.0 Å². The van der Waals surface area contributed by atoms with E-state index in [1.165, 1.54) is 0 Å². The fraction of sp³-hybridized carbons (Fsp3) is 0.286. The van der Waals surface area contributed by atoms with E-state index in [0.717, 1.165) is 15.7 Å². The number of hydrogen-bond acceptors (Lipinski definition) is 4. The zero-order chi connectivity index (χ0) is 14.5.